The van der Waals surface area contributed by atoms with Crippen molar-refractivity contribution in [3.05, 3.63) is 0 Å². The summed E-state index contributed by atoms with van der Waals surface area (Å²) in [5, 5.41) is 2.66. The maximum Gasteiger partial charge on any atom is 0.407 e. The van der Waals surface area contributed by atoms with Gasteiger partial charge in [-0.05, 0) is 26.2 Å². The van der Waals surface area contributed by atoms with Crippen LogP contribution in [0.3, 0.4) is 0 Å². The average molecular weight is 229 g/mol. The molecule has 1 N–H and O–H groups in total. The van der Waals surface area contributed by atoms with Crippen LogP contribution >= 0.6 is 0 Å². The van der Waals surface area contributed by atoms with E-state index in [1.165, 1.54) is 25.7 Å². The predicted octanol–water partition coefficient (Wildman–Crippen LogP) is 3.87. The normalized spacial score (nSPS) is 12.2. The minimum atomic E-state index is -0.275. The molecule has 96 valence electrons. The number of carbonyl (C=O) groups is 1. The van der Waals surface area contributed by atoms with Crippen LogP contribution in [0.5, 0.6) is 0 Å². The van der Waals surface area contributed by atoms with Gasteiger partial charge >= 0.3 is 6.09 Å². The zero-order valence-corrected chi connectivity index (χ0v) is 11.1. The molecular formula is C13H27NO2. The summed E-state index contributed by atoms with van der Waals surface area (Å²) in [6, 6.07) is 0. The van der Waals surface area contributed by atoms with Gasteiger partial charge in [0.1, 0.15) is 6.10 Å². The maximum absolute atomic E-state index is 11.2. The number of amides is 1. The summed E-state index contributed by atoms with van der Waals surface area (Å²) < 4.78 is 5.30. The fourth-order valence-electron chi connectivity index (χ4n) is 1.66. The highest BCUT2D eigenvalue weighted by atomic mass is 16.6. The van der Waals surface area contributed by atoms with E-state index in [0.717, 1.165) is 19.3 Å². The standard InChI is InChI=1S/C13H27NO2/c1-4-7-8-9-10-11-12(5-2)16-13(15)14-6-3/h12H,4-11H2,1-3H3,(H,14,15). The van der Waals surface area contributed by atoms with E-state index in [1.54, 1.807) is 0 Å². The second-order valence-corrected chi connectivity index (χ2v) is 4.17. The Hall–Kier alpha value is -0.730. The summed E-state index contributed by atoms with van der Waals surface area (Å²) in [6.45, 7) is 6.81. The number of hydrogen-bond acceptors (Lipinski definition) is 2. The van der Waals surface area contributed by atoms with E-state index in [-0.39, 0.29) is 12.2 Å². The van der Waals surface area contributed by atoms with E-state index in [0.29, 0.717) is 6.54 Å². The first kappa shape index (κ1) is 15.3. The molecule has 0 bridgehead atoms. The zero-order valence-electron chi connectivity index (χ0n) is 11.1. The van der Waals surface area contributed by atoms with Gasteiger partial charge in [0.25, 0.3) is 0 Å². The number of hydrogen-bond donors (Lipinski definition) is 1. The molecular weight excluding hydrogens is 202 g/mol. The lowest BCUT2D eigenvalue weighted by Crippen LogP contribution is -2.28. The van der Waals surface area contributed by atoms with Crippen LogP contribution in [0.15, 0.2) is 0 Å². The molecule has 16 heavy (non-hydrogen) atoms. The molecule has 0 aliphatic carbocycles. The second-order valence-electron chi connectivity index (χ2n) is 4.17. The first-order chi connectivity index (χ1) is 7.74. The molecule has 1 amide bonds. The van der Waals surface area contributed by atoms with Crippen molar-refractivity contribution in [3.63, 3.8) is 0 Å². The first-order valence-corrected chi connectivity index (χ1v) is 6.69. The molecule has 3 nitrogen and oxygen atoms in total. The van der Waals surface area contributed by atoms with Gasteiger partial charge in [-0.15, -0.1) is 0 Å². The van der Waals surface area contributed by atoms with Crippen LogP contribution < -0.4 is 5.32 Å². The molecule has 0 rings (SSSR count). The fourth-order valence-corrected chi connectivity index (χ4v) is 1.66. The van der Waals surface area contributed by atoms with Gasteiger partial charge < -0.3 is 10.1 Å². The third-order valence-electron chi connectivity index (χ3n) is 2.68. The molecule has 0 aromatic rings. The number of rotatable bonds is 9. The van der Waals surface area contributed by atoms with Gasteiger partial charge in [0.05, 0.1) is 0 Å². The summed E-state index contributed by atoms with van der Waals surface area (Å²) in [7, 11) is 0. The Kier molecular flexibility index (Phi) is 10.3. The Morgan fingerprint density at radius 2 is 1.81 bits per heavy atom. The van der Waals surface area contributed by atoms with Crippen LogP contribution in [0, 0.1) is 0 Å². The van der Waals surface area contributed by atoms with Crippen LogP contribution in [-0.4, -0.2) is 18.7 Å². The maximum atomic E-state index is 11.2. The first-order valence-electron chi connectivity index (χ1n) is 6.69. The minimum Gasteiger partial charge on any atom is -0.446 e. The van der Waals surface area contributed by atoms with Crippen molar-refractivity contribution in [1.29, 1.82) is 0 Å². The molecule has 1 unspecified atom stereocenters. The van der Waals surface area contributed by atoms with Crippen LogP contribution in [0.25, 0.3) is 0 Å². The Balaban J connectivity index is 3.54. The SMILES string of the molecule is CCCCCCCC(CC)OC(=O)NCC. The minimum absolute atomic E-state index is 0.0909. The molecule has 0 aliphatic heterocycles. The molecule has 0 saturated carbocycles. The smallest absolute Gasteiger partial charge is 0.407 e. The lowest BCUT2D eigenvalue weighted by molar-refractivity contribution is 0.0890. The monoisotopic (exact) mass is 229 g/mol. The topological polar surface area (TPSA) is 38.3 Å². The van der Waals surface area contributed by atoms with Crippen LogP contribution in [0.1, 0.15) is 65.7 Å². The molecule has 0 fully saturated rings. The molecule has 0 aromatic carbocycles. The highest BCUT2D eigenvalue weighted by molar-refractivity contribution is 5.67. The number of alkyl carbamates (subject to hydrolysis) is 1. The summed E-state index contributed by atoms with van der Waals surface area (Å²) in [4.78, 5) is 11.2. The highest BCUT2D eigenvalue weighted by Crippen LogP contribution is 2.11. The Morgan fingerprint density at radius 3 is 2.38 bits per heavy atom. The van der Waals surface area contributed by atoms with E-state index in [9.17, 15) is 4.79 Å². The van der Waals surface area contributed by atoms with Crippen molar-refractivity contribution in [2.45, 2.75) is 71.8 Å². The van der Waals surface area contributed by atoms with E-state index in [2.05, 4.69) is 19.2 Å². The second kappa shape index (κ2) is 10.8. The largest absolute Gasteiger partial charge is 0.446 e. The van der Waals surface area contributed by atoms with E-state index in [4.69, 9.17) is 4.74 Å². The van der Waals surface area contributed by atoms with Gasteiger partial charge in [0.15, 0.2) is 0 Å². The van der Waals surface area contributed by atoms with Crippen molar-refractivity contribution in [1.82, 2.24) is 5.32 Å². The van der Waals surface area contributed by atoms with Gasteiger partial charge in [0, 0.05) is 6.54 Å². The Bertz CT molecular complexity index is 171. The number of nitrogens with one attached hydrogen (secondary N) is 1. The highest BCUT2D eigenvalue weighted by Gasteiger charge is 2.10. The van der Waals surface area contributed by atoms with Crippen molar-refractivity contribution in [2.24, 2.45) is 0 Å². The Labute approximate surface area is 99.9 Å². The van der Waals surface area contributed by atoms with Gasteiger partial charge in [-0.25, -0.2) is 4.79 Å². The van der Waals surface area contributed by atoms with E-state index >= 15 is 0 Å². The summed E-state index contributed by atoms with van der Waals surface area (Å²) in [5.74, 6) is 0. The van der Waals surface area contributed by atoms with Crippen molar-refractivity contribution in [2.75, 3.05) is 6.54 Å². The van der Waals surface area contributed by atoms with E-state index < -0.39 is 0 Å². The molecule has 0 aliphatic rings. The number of ether oxygens (including phenoxy) is 1. The summed E-state index contributed by atoms with van der Waals surface area (Å²) in [5.41, 5.74) is 0. The molecule has 0 heterocycles. The third kappa shape index (κ3) is 8.57. The molecule has 0 radical (unpaired) electrons. The molecule has 0 aromatic heterocycles. The number of carbonyl (C=O) groups excluding carboxylic acids is 1. The van der Waals surface area contributed by atoms with Crippen molar-refractivity contribution < 1.29 is 9.53 Å². The molecule has 0 saturated heterocycles. The summed E-state index contributed by atoms with van der Waals surface area (Å²) in [6.07, 6.45) is 8.02. The number of unbranched alkanes of at least 4 members (excludes halogenated alkanes) is 4. The molecule has 1 atom stereocenters. The van der Waals surface area contributed by atoms with Crippen molar-refractivity contribution in [3.8, 4) is 0 Å². The zero-order chi connectivity index (χ0) is 12.2. The lowest BCUT2D eigenvalue weighted by atomic mass is 10.1. The summed E-state index contributed by atoms with van der Waals surface area (Å²) >= 11 is 0. The van der Waals surface area contributed by atoms with Gasteiger partial charge in [-0.3, -0.25) is 0 Å². The average Bonchev–Trinajstić information content (AvgIpc) is 2.27. The predicted molar refractivity (Wildman–Crippen MR) is 67.6 cm³/mol. The molecule has 3 heteroatoms. The van der Waals surface area contributed by atoms with Gasteiger partial charge in [-0.1, -0.05) is 39.5 Å². The van der Waals surface area contributed by atoms with Crippen LogP contribution in [0.4, 0.5) is 4.79 Å². The van der Waals surface area contributed by atoms with Crippen molar-refractivity contribution >= 4 is 6.09 Å². The van der Waals surface area contributed by atoms with Gasteiger partial charge in [0.2, 0.25) is 0 Å². The lowest BCUT2D eigenvalue weighted by Gasteiger charge is -2.16. The quantitative estimate of drug-likeness (QED) is 0.609. The van der Waals surface area contributed by atoms with Gasteiger partial charge in [-0.2, -0.15) is 0 Å². The van der Waals surface area contributed by atoms with Crippen LogP contribution in [0.2, 0.25) is 0 Å². The Morgan fingerprint density at radius 1 is 1.12 bits per heavy atom. The van der Waals surface area contributed by atoms with Crippen LogP contribution in [-0.2, 0) is 4.74 Å². The fraction of sp³-hybridized carbons (Fsp3) is 0.923. The molecule has 0 spiro atoms. The third-order valence-corrected chi connectivity index (χ3v) is 2.68. The van der Waals surface area contributed by atoms with E-state index in [1.807, 2.05) is 6.92 Å².